The molecule has 0 heterocycles. The van der Waals surface area contributed by atoms with E-state index in [0.29, 0.717) is 5.78 Å². The molecule has 0 aromatic rings. The second-order valence-electron chi connectivity index (χ2n) is 4.29. The third kappa shape index (κ3) is 9.45. The van der Waals surface area contributed by atoms with Crippen LogP contribution in [0.5, 0.6) is 0 Å². The quantitative estimate of drug-likeness (QED) is 0.431. The van der Waals surface area contributed by atoms with Crippen molar-refractivity contribution >= 4 is 5.78 Å². The standard InChI is InChI=1S/C15H24O/c1-5-15(12-8-9-13(2)3)11-7-6-10-14(4)16/h8-9,12H,2,5-7,10-11H2,1,3-4H3/b9-8-,15-12+. The van der Waals surface area contributed by atoms with Gasteiger partial charge in [-0.05, 0) is 39.5 Å². The lowest BCUT2D eigenvalue weighted by molar-refractivity contribution is -0.117. The van der Waals surface area contributed by atoms with Crippen molar-refractivity contribution in [1.29, 1.82) is 0 Å². The first-order valence-electron chi connectivity index (χ1n) is 6.07. The Morgan fingerprint density at radius 3 is 2.31 bits per heavy atom. The van der Waals surface area contributed by atoms with Crippen molar-refractivity contribution < 1.29 is 4.79 Å². The molecule has 0 fully saturated rings. The zero-order valence-electron chi connectivity index (χ0n) is 10.9. The molecule has 0 aliphatic carbocycles. The highest BCUT2D eigenvalue weighted by Crippen LogP contribution is 2.12. The Morgan fingerprint density at radius 2 is 1.81 bits per heavy atom. The van der Waals surface area contributed by atoms with Crippen LogP contribution in [0.1, 0.15) is 52.9 Å². The van der Waals surface area contributed by atoms with E-state index in [1.54, 1.807) is 6.92 Å². The van der Waals surface area contributed by atoms with Gasteiger partial charge in [0.2, 0.25) is 0 Å². The van der Waals surface area contributed by atoms with E-state index in [9.17, 15) is 4.79 Å². The maximum atomic E-state index is 10.8. The lowest BCUT2D eigenvalue weighted by Crippen LogP contribution is -1.90. The van der Waals surface area contributed by atoms with E-state index in [0.717, 1.165) is 37.7 Å². The normalized spacial score (nSPS) is 12.1. The smallest absolute Gasteiger partial charge is 0.129 e. The van der Waals surface area contributed by atoms with Gasteiger partial charge in [0, 0.05) is 6.42 Å². The van der Waals surface area contributed by atoms with Crippen molar-refractivity contribution in [1.82, 2.24) is 0 Å². The third-order valence-corrected chi connectivity index (χ3v) is 2.44. The molecule has 0 aromatic heterocycles. The average molecular weight is 220 g/mol. The minimum absolute atomic E-state index is 0.296. The summed E-state index contributed by atoms with van der Waals surface area (Å²) in [5.74, 6) is 0.296. The Balaban J connectivity index is 3.91. The SMILES string of the molecule is C=C(C)/C=C\C=C(/CC)CCCCC(C)=O. The molecule has 0 spiro atoms. The highest BCUT2D eigenvalue weighted by Gasteiger charge is 1.96. The van der Waals surface area contributed by atoms with Gasteiger partial charge in [-0.15, -0.1) is 0 Å². The van der Waals surface area contributed by atoms with Gasteiger partial charge in [-0.3, -0.25) is 0 Å². The molecular weight excluding hydrogens is 196 g/mol. The van der Waals surface area contributed by atoms with Gasteiger partial charge >= 0.3 is 0 Å². The summed E-state index contributed by atoms with van der Waals surface area (Å²) in [6.45, 7) is 9.64. The largest absolute Gasteiger partial charge is 0.300 e. The maximum absolute atomic E-state index is 10.8. The second-order valence-corrected chi connectivity index (χ2v) is 4.29. The topological polar surface area (TPSA) is 17.1 Å². The van der Waals surface area contributed by atoms with Crippen molar-refractivity contribution in [2.45, 2.75) is 52.9 Å². The molecular formula is C15H24O. The van der Waals surface area contributed by atoms with E-state index in [1.165, 1.54) is 5.57 Å². The monoisotopic (exact) mass is 220 g/mol. The summed E-state index contributed by atoms with van der Waals surface area (Å²) < 4.78 is 0. The average Bonchev–Trinajstić information content (AvgIpc) is 2.20. The van der Waals surface area contributed by atoms with E-state index >= 15 is 0 Å². The molecule has 0 aliphatic rings. The summed E-state index contributed by atoms with van der Waals surface area (Å²) >= 11 is 0. The fourth-order valence-electron chi connectivity index (χ4n) is 1.45. The van der Waals surface area contributed by atoms with Gasteiger partial charge in [0.25, 0.3) is 0 Å². The summed E-state index contributed by atoms with van der Waals surface area (Å²) in [5, 5.41) is 0. The molecule has 0 N–H and O–H groups in total. The number of rotatable bonds is 8. The van der Waals surface area contributed by atoms with Crippen LogP contribution in [0.15, 0.2) is 36.0 Å². The zero-order chi connectivity index (χ0) is 12.4. The number of ketones is 1. The summed E-state index contributed by atoms with van der Waals surface area (Å²) in [7, 11) is 0. The fraction of sp³-hybridized carbons (Fsp3) is 0.533. The molecule has 0 amide bonds. The summed E-state index contributed by atoms with van der Waals surface area (Å²) in [6.07, 6.45) is 11.3. The number of unbranched alkanes of at least 4 members (excludes halogenated alkanes) is 1. The van der Waals surface area contributed by atoms with Crippen molar-refractivity contribution in [3.05, 3.63) is 36.0 Å². The molecule has 1 heteroatoms. The highest BCUT2D eigenvalue weighted by molar-refractivity contribution is 5.75. The molecule has 90 valence electrons. The zero-order valence-corrected chi connectivity index (χ0v) is 10.9. The van der Waals surface area contributed by atoms with Crippen LogP contribution >= 0.6 is 0 Å². The van der Waals surface area contributed by atoms with E-state index in [2.05, 4.69) is 25.7 Å². The van der Waals surface area contributed by atoms with E-state index < -0.39 is 0 Å². The number of carbonyl (C=O) groups excluding carboxylic acids is 1. The van der Waals surface area contributed by atoms with Gasteiger partial charge in [-0.25, -0.2) is 0 Å². The molecule has 0 aromatic carbocycles. The number of hydrogen-bond donors (Lipinski definition) is 0. The van der Waals surface area contributed by atoms with Crippen LogP contribution in [-0.4, -0.2) is 5.78 Å². The predicted molar refractivity (Wildman–Crippen MR) is 71.5 cm³/mol. The van der Waals surface area contributed by atoms with Gasteiger partial charge in [0.1, 0.15) is 5.78 Å². The van der Waals surface area contributed by atoms with E-state index in [4.69, 9.17) is 0 Å². The minimum Gasteiger partial charge on any atom is -0.300 e. The minimum atomic E-state index is 0.296. The van der Waals surface area contributed by atoms with Crippen molar-refractivity contribution in [2.24, 2.45) is 0 Å². The Kier molecular flexibility index (Phi) is 8.51. The van der Waals surface area contributed by atoms with Crippen molar-refractivity contribution in [3.8, 4) is 0 Å². The lowest BCUT2D eigenvalue weighted by Gasteiger charge is -2.02. The van der Waals surface area contributed by atoms with Crippen molar-refractivity contribution in [2.75, 3.05) is 0 Å². The van der Waals surface area contributed by atoms with Crippen molar-refractivity contribution in [3.63, 3.8) is 0 Å². The molecule has 0 rings (SSSR count). The van der Waals surface area contributed by atoms with E-state index in [1.807, 2.05) is 13.0 Å². The number of hydrogen-bond acceptors (Lipinski definition) is 1. The molecule has 0 radical (unpaired) electrons. The lowest BCUT2D eigenvalue weighted by atomic mass is 10.0. The molecule has 0 saturated heterocycles. The van der Waals surface area contributed by atoms with Gasteiger partial charge in [0.05, 0.1) is 0 Å². The molecule has 0 aliphatic heterocycles. The summed E-state index contributed by atoms with van der Waals surface area (Å²) in [4.78, 5) is 10.8. The second kappa shape index (κ2) is 9.14. The Hall–Kier alpha value is -1.11. The molecule has 0 bridgehead atoms. The third-order valence-electron chi connectivity index (χ3n) is 2.44. The van der Waals surface area contributed by atoms with Crippen LogP contribution in [0.4, 0.5) is 0 Å². The van der Waals surface area contributed by atoms with Crippen LogP contribution in [-0.2, 0) is 4.79 Å². The van der Waals surface area contributed by atoms with Crippen LogP contribution in [0.2, 0.25) is 0 Å². The Morgan fingerprint density at radius 1 is 1.19 bits per heavy atom. The molecule has 16 heavy (non-hydrogen) atoms. The number of allylic oxidation sites excluding steroid dienone is 5. The highest BCUT2D eigenvalue weighted by atomic mass is 16.1. The fourth-order valence-corrected chi connectivity index (χ4v) is 1.45. The van der Waals surface area contributed by atoms with Crippen LogP contribution in [0.25, 0.3) is 0 Å². The number of carbonyl (C=O) groups is 1. The van der Waals surface area contributed by atoms with Gasteiger partial charge < -0.3 is 4.79 Å². The predicted octanol–water partition coefficient (Wildman–Crippen LogP) is 4.60. The van der Waals surface area contributed by atoms with Gasteiger partial charge in [-0.1, -0.05) is 42.9 Å². The molecule has 0 unspecified atom stereocenters. The molecule has 0 atom stereocenters. The van der Waals surface area contributed by atoms with Crippen LogP contribution in [0.3, 0.4) is 0 Å². The van der Waals surface area contributed by atoms with Crippen LogP contribution in [0, 0.1) is 0 Å². The summed E-state index contributed by atoms with van der Waals surface area (Å²) in [6, 6.07) is 0. The van der Waals surface area contributed by atoms with Gasteiger partial charge in [0.15, 0.2) is 0 Å². The first kappa shape index (κ1) is 14.9. The Bertz CT molecular complexity index is 282. The number of Topliss-reactive ketones (excluding diaryl/α,β-unsaturated/α-hetero) is 1. The first-order chi connectivity index (χ1) is 7.56. The molecule has 1 nitrogen and oxygen atoms in total. The molecule has 0 saturated carbocycles. The Labute approximate surface area is 99.9 Å². The van der Waals surface area contributed by atoms with Crippen LogP contribution < -0.4 is 0 Å². The first-order valence-corrected chi connectivity index (χ1v) is 6.07. The van der Waals surface area contributed by atoms with Gasteiger partial charge in [-0.2, -0.15) is 0 Å². The maximum Gasteiger partial charge on any atom is 0.129 e. The summed E-state index contributed by atoms with van der Waals surface area (Å²) in [5.41, 5.74) is 2.52. The van der Waals surface area contributed by atoms with E-state index in [-0.39, 0.29) is 0 Å².